The Hall–Kier alpha value is -1.40. The molecule has 19 heavy (non-hydrogen) atoms. The number of thiophene rings is 1. The van der Waals surface area contributed by atoms with Gasteiger partial charge in [0.15, 0.2) is 0 Å². The van der Waals surface area contributed by atoms with Crippen molar-refractivity contribution in [1.82, 2.24) is 5.32 Å². The van der Waals surface area contributed by atoms with Gasteiger partial charge in [-0.2, -0.15) is 11.3 Å². The molecule has 4 atom stereocenters. The van der Waals surface area contributed by atoms with Gasteiger partial charge in [-0.25, -0.2) is 0 Å². The Morgan fingerprint density at radius 3 is 2.79 bits per heavy atom. The monoisotopic (exact) mass is 281 g/mol. The Balaban J connectivity index is 1.77. The second-order valence-electron chi connectivity index (χ2n) is 5.35. The lowest BCUT2D eigenvalue weighted by molar-refractivity contribution is -0.147. The number of nitrogens with one attached hydrogen (secondary N) is 1. The van der Waals surface area contributed by atoms with Crippen LogP contribution in [0.5, 0.6) is 0 Å². The van der Waals surface area contributed by atoms with Crippen LogP contribution in [0, 0.1) is 17.8 Å². The van der Waals surface area contributed by atoms with E-state index in [9.17, 15) is 14.7 Å². The topological polar surface area (TPSA) is 86.6 Å². The molecule has 3 N–H and O–H groups in total. The van der Waals surface area contributed by atoms with E-state index in [1.54, 1.807) is 11.3 Å². The molecule has 0 spiro atoms. The van der Waals surface area contributed by atoms with Crippen LogP contribution in [0.1, 0.15) is 18.4 Å². The highest BCUT2D eigenvalue weighted by atomic mass is 32.1. The maximum atomic E-state index is 11.6. The molecule has 6 heteroatoms. The molecule has 5 nitrogen and oxygen atoms in total. The molecular weight excluding hydrogens is 266 g/mol. The summed E-state index contributed by atoms with van der Waals surface area (Å²) in [4.78, 5) is 22.7. The fraction of sp³-hybridized carbons (Fsp3) is 0.538. The highest BCUT2D eigenvalue weighted by Gasteiger charge is 2.71. The van der Waals surface area contributed by atoms with E-state index in [4.69, 9.17) is 5.11 Å². The lowest BCUT2D eigenvalue weighted by Crippen LogP contribution is -2.53. The molecule has 1 aromatic rings. The highest BCUT2D eigenvalue weighted by molar-refractivity contribution is 7.07. The molecule has 0 bridgehead atoms. The van der Waals surface area contributed by atoms with Crippen molar-refractivity contribution < 1.29 is 19.8 Å². The second kappa shape index (κ2) is 4.31. The molecule has 1 aromatic heterocycles. The largest absolute Gasteiger partial charge is 0.481 e. The van der Waals surface area contributed by atoms with Gasteiger partial charge in [0, 0.05) is 12.5 Å². The fourth-order valence-electron chi connectivity index (χ4n) is 3.49. The molecule has 2 aliphatic carbocycles. The summed E-state index contributed by atoms with van der Waals surface area (Å²) in [5, 5.41) is 25.7. The van der Waals surface area contributed by atoms with E-state index in [0.717, 1.165) is 5.56 Å². The summed E-state index contributed by atoms with van der Waals surface area (Å²) in [5.74, 6) is -2.50. The van der Waals surface area contributed by atoms with Gasteiger partial charge >= 0.3 is 11.9 Å². The zero-order valence-electron chi connectivity index (χ0n) is 10.2. The molecule has 0 saturated heterocycles. The molecule has 0 amide bonds. The minimum Gasteiger partial charge on any atom is -0.481 e. The van der Waals surface area contributed by atoms with Crippen molar-refractivity contribution in [3.05, 3.63) is 22.4 Å². The third kappa shape index (κ3) is 1.86. The van der Waals surface area contributed by atoms with Crippen LogP contribution in [0.3, 0.4) is 0 Å². The number of hydrogen-bond acceptors (Lipinski definition) is 4. The first-order valence-corrected chi connectivity index (χ1v) is 7.23. The van der Waals surface area contributed by atoms with Crippen LogP contribution < -0.4 is 5.32 Å². The summed E-state index contributed by atoms with van der Waals surface area (Å²) in [7, 11) is 0. The first kappa shape index (κ1) is 12.6. The highest BCUT2D eigenvalue weighted by Crippen LogP contribution is 2.62. The quantitative estimate of drug-likeness (QED) is 0.759. The van der Waals surface area contributed by atoms with Gasteiger partial charge in [-0.15, -0.1) is 0 Å². The Morgan fingerprint density at radius 1 is 1.47 bits per heavy atom. The molecule has 1 heterocycles. The standard InChI is InChI=1S/C13H15NO4S/c15-11(16)9-8-1-3-13(10(8)9,12(17)18)14-5-7-2-4-19-6-7/h2,4,6,8-10,14H,1,3,5H2,(H,15,16)(H,17,18). The molecule has 2 saturated carbocycles. The third-order valence-corrected chi connectivity index (χ3v) is 5.20. The summed E-state index contributed by atoms with van der Waals surface area (Å²) in [6.45, 7) is 0.478. The SMILES string of the molecule is O=C(O)C1C2CCC(NCc3ccsc3)(C(=O)O)C21. The zero-order chi connectivity index (χ0) is 13.6. The molecular formula is C13H15NO4S. The number of hydrogen-bond donors (Lipinski definition) is 3. The van der Waals surface area contributed by atoms with Gasteiger partial charge in [0.1, 0.15) is 5.54 Å². The summed E-state index contributed by atoms with van der Waals surface area (Å²) < 4.78 is 0. The van der Waals surface area contributed by atoms with Gasteiger partial charge in [0.25, 0.3) is 0 Å². The molecule has 0 aliphatic heterocycles. The van der Waals surface area contributed by atoms with Gasteiger partial charge in [-0.3, -0.25) is 14.9 Å². The summed E-state index contributed by atoms with van der Waals surface area (Å²) in [6, 6.07) is 1.95. The Labute approximate surface area is 114 Å². The van der Waals surface area contributed by atoms with E-state index < -0.39 is 23.4 Å². The predicted octanol–water partition coefficient (Wildman–Crippen LogP) is 1.40. The average Bonchev–Trinajstić information content (AvgIpc) is 2.75. The first-order valence-electron chi connectivity index (χ1n) is 6.28. The minimum absolute atomic E-state index is 0.0311. The third-order valence-electron chi connectivity index (χ3n) is 4.46. The Bertz CT molecular complexity index is 515. The predicted molar refractivity (Wildman–Crippen MR) is 68.9 cm³/mol. The number of carboxylic acid groups (broad SMARTS) is 2. The van der Waals surface area contributed by atoms with Crippen molar-refractivity contribution in [3.8, 4) is 0 Å². The smallest absolute Gasteiger partial charge is 0.324 e. The van der Waals surface area contributed by atoms with Crippen LogP contribution in [0.4, 0.5) is 0 Å². The van der Waals surface area contributed by atoms with Crippen molar-refractivity contribution in [2.75, 3.05) is 0 Å². The van der Waals surface area contributed by atoms with Crippen molar-refractivity contribution >= 4 is 23.3 Å². The summed E-state index contributed by atoms with van der Waals surface area (Å²) in [5.41, 5.74) is -0.0167. The van der Waals surface area contributed by atoms with Crippen molar-refractivity contribution in [2.45, 2.75) is 24.9 Å². The van der Waals surface area contributed by atoms with Crippen LogP contribution in [0.25, 0.3) is 0 Å². The zero-order valence-corrected chi connectivity index (χ0v) is 11.0. The van der Waals surface area contributed by atoms with E-state index in [1.165, 1.54) is 0 Å². The number of carbonyl (C=O) groups is 2. The first-order chi connectivity index (χ1) is 9.06. The van der Waals surface area contributed by atoms with Gasteiger partial charge in [0.05, 0.1) is 5.92 Å². The Kier molecular flexibility index (Phi) is 2.87. The molecule has 0 aromatic carbocycles. The van der Waals surface area contributed by atoms with Gasteiger partial charge in [-0.05, 0) is 41.1 Å². The lowest BCUT2D eigenvalue weighted by atomic mass is 9.90. The Morgan fingerprint density at radius 2 is 2.26 bits per heavy atom. The van der Waals surface area contributed by atoms with Crippen LogP contribution in [0.15, 0.2) is 16.8 Å². The number of fused-ring (bicyclic) bond motifs is 1. The number of carboxylic acids is 2. The lowest BCUT2D eigenvalue weighted by Gasteiger charge is -2.28. The summed E-state index contributed by atoms with van der Waals surface area (Å²) in [6.07, 6.45) is 1.20. The van der Waals surface area contributed by atoms with Crippen LogP contribution >= 0.6 is 11.3 Å². The maximum Gasteiger partial charge on any atom is 0.324 e. The van der Waals surface area contributed by atoms with E-state index in [0.29, 0.717) is 19.4 Å². The molecule has 2 aliphatic rings. The summed E-state index contributed by atoms with van der Waals surface area (Å²) >= 11 is 1.56. The number of rotatable bonds is 5. The van der Waals surface area contributed by atoms with Crippen molar-refractivity contribution in [2.24, 2.45) is 17.8 Å². The minimum atomic E-state index is -1.06. The van der Waals surface area contributed by atoms with Gasteiger partial charge in [0.2, 0.25) is 0 Å². The number of aliphatic carboxylic acids is 2. The van der Waals surface area contributed by atoms with E-state index in [-0.39, 0.29) is 11.8 Å². The van der Waals surface area contributed by atoms with Crippen molar-refractivity contribution in [1.29, 1.82) is 0 Å². The normalized spacial score (nSPS) is 35.9. The molecule has 2 fully saturated rings. The molecule has 4 unspecified atom stereocenters. The fourth-order valence-corrected chi connectivity index (χ4v) is 4.16. The van der Waals surface area contributed by atoms with Gasteiger partial charge < -0.3 is 10.2 Å². The molecule has 3 rings (SSSR count). The van der Waals surface area contributed by atoms with Crippen molar-refractivity contribution in [3.63, 3.8) is 0 Å². The van der Waals surface area contributed by atoms with E-state index in [2.05, 4.69) is 5.32 Å². The maximum absolute atomic E-state index is 11.6. The van der Waals surface area contributed by atoms with Crippen LogP contribution in [-0.2, 0) is 16.1 Å². The average molecular weight is 281 g/mol. The van der Waals surface area contributed by atoms with Gasteiger partial charge in [-0.1, -0.05) is 0 Å². The molecule has 102 valence electrons. The van der Waals surface area contributed by atoms with E-state index >= 15 is 0 Å². The van der Waals surface area contributed by atoms with Crippen LogP contribution in [0.2, 0.25) is 0 Å². The molecule has 0 radical (unpaired) electrons. The second-order valence-corrected chi connectivity index (χ2v) is 6.13. The van der Waals surface area contributed by atoms with E-state index in [1.807, 2.05) is 16.8 Å². The van der Waals surface area contributed by atoms with Crippen LogP contribution in [-0.4, -0.2) is 27.7 Å².